The standard InChI is InChI=1S/C44H54F3N5O11S2/c1-40(2,3)63-39(56)49-32-13-10-8-6-7-9-12-27-16-19-43(27,38(55)51-65(59,60)41(4)20-21-41)50-36(53)33-25-42(26-52(33)37(32)54)18-17-29-30-24-28(61-22-11-23-64(5,57)58)14-15-31(30)48-35(34(29)62-42)44(45,46)47/h9,12,14-15,24,27,32-33H,6-8,10-11,13,17-18,20-23,25-26H2,1-5H3,(H,49,56)(H,50,53)(H,51,55). The van der Waals surface area contributed by atoms with E-state index in [1.807, 2.05) is 0 Å². The molecule has 5 unspecified atom stereocenters. The lowest BCUT2D eigenvalue weighted by atomic mass is 9.75. The highest BCUT2D eigenvalue weighted by Gasteiger charge is 2.59. The van der Waals surface area contributed by atoms with Gasteiger partial charge in [-0.1, -0.05) is 36.8 Å². The van der Waals surface area contributed by atoms with Gasteiger partial charge in [0, 0.05) is 23.6 Å². The minimum Gasteiger partial charge on any atom is -0.494 e. The molecule has 1 aromatic carbocycles. The van der Waals surface area contributed by atoms with E-state index >= 15 is 0 Å². The van der Waals surface area contributed by atoms with E-state index in [9.17, 15) is 49.2 Å². The summed E-state index contributed by atoms with van der Waals surface area (Å²) in [5.74, 6) is 1.30. The van der Waals surface area contributed by atoms with Crippen molar-refractivity contribution in [3.8, 4) is 23.3 Å². The van der Waals surface area contributed by atoms with Crippen LogP contribution in [-0.2, 0) is 51.6 Å². The lowest BCUT2D eigenvalue weighted by Gasteiger charge is -2.38. The van der Waals surface area contributed by atoms with Crippen molar-refractivity contribution in [1.29, 1.82) is 0 Å². The Morgan fingerprint density at radius 3 is 2.46 bits per heavy atom. The normalized spacial score (nSPS) is 26.6. The van der Waals surface area contributed by atoms with Crippen molar-refractivity contribution in [2.24, 2.45) is 5.92 Å². The van der Waals surface area contributed by atoms with E-state index in [2.05, 4.69) is 32.2 Å². The van der Waals surface area contributed by atoms with Gasteiger partial charge in [-0.05, 0) is 97.3 Å². The van der Waals surface area contributed by atoms with Crippen LogP contribution in [0.2, 0.25) is 0 Å². The molecule has 65 heavy (non-hydrogen) atoms. The molecule has 16 nitrogen and oxygen atoms in total. The number of amides is 4. The number of aromatic nitrogens is 1. The second-order valence-electron chi connectivity index (χ2n) is 18.9. The number of nitrogens with zero attached hydrogens (tertiary/aromatic N) is 2. The van der Waals surface area contributed by atoms with E-state index in [1.165, 1.54) is 25.1 Å². The van der Waals surface area contributed by atoms with E-state index in [4.69, 9.17) is 14.2 Å². The molecule has 3 aliphatic heterocycles. The lowest BCUT2D eigenvalue weighted by molar-refractivity contribution is -0.144. The lowest BCUT2D eigenvalue weighted by Crippen LogP contribution is -2.68. The number of hydrogen-bond acceptors (Lipinski definition) is 12. The second kappa shape index (κ2) is 17.3. The number of sulfone groups is 1. The maximum absolute atomic E-state index is 14.9. The Kier molecular flexibility index (Phi) is 12.7. The maximum Gasteiger partial charge on any atom is 0.437 e. The molecule has 1 spiro atoms. The number of sulfonamides is 1. The first-order valence-electron chi connectivity index (χ1n) is 21.7. The molecular formula is C44H54F3N5O11S2. The smallest absolute Gasteiger partial charge is 0.437 e. The van der Waals surface area contributed by atoms with Gasteiger partial charge in [0.1, 0.15) is 38.9 Å². The highest BCUT2D eigenvalue weighted by atomic mass is 32.2. The molecule has 2 aliphatic carbocycles. The zero-order valence-electron chi connectivity index (χ0n) is 36.9. The molecule has 4 amide bonds. The molecular weight excluding hydrogens is 896 g/mol. The molecule has 1 saturated heterocycles. The first kappa shape index (κ1) is 47.9. The van der Waals surface area contributed by atoms with Crippen molar-refractivity contribution in [3.05, 3.63) is 41.6 Å². The van der Waals surface area contributed by atoms with Gasteiger partial charge in [0.15, 0.2) is 17.0 Å². The summed E-state index contributed by atoms with van der Waals surface area (Å²) in [6.45, 7) is 6.02. The van der Waals surface area contributed by atoms with E-state index in [-0.39, 0.29) is 66.7 Å². The highest BCUT2D eigenvalue weighted by molar-refractivity contribution is 7.91. The summed E-state index contributed by atoms with van der Waals surface area (Å²) in [5, 5.41) is 5.59. The summed E-state index contributed by atoms with van der Waals surface area (Å²) >= 11 is 0. The molecule has 354 valence electrons. The van der Waals surface area contributed by atoms with E-state index in [0.717, 1.165) is 11.2 Å². The number of nitrogens with one attached hydrogen (secondary N) is 3. The van der Waals surface area contributed by atoms with Crippen molar-refractivity contribution < 1.29 is 63.4 Å². The summed E-state index contributed by atoms with van der Waals surface area (Å²) in [5.41, 5.74) is -5.85. The number of rotatable bonds is 9. The molecule has 1 aromatic heterocycles. The molecule has 0 bridgehead atoms. The monoisotopic (exact) mass is 949 g/mol. The third kappa shape index (κ3) is 10.3. The largest absolute Gasteiger partial charge is 0.494 e. The number of alkyl carbamates (subject to hydrolysis) is 1. The third-order valence-electron chi connectivity index (χ3n) is 12.4. The van der Waals surface area contributed by atoms with Gasteiger partial charge < -0.3 is 29.7 Å². The number of alkyl halides is 3. The van der Waals surface area contributed by atoms with Gasteiger partial charge >= 0.3 is 12.3 Å². The quantitative estimate of drug-likeness (QED) is 0.178. The molecule has 3 N–H and O–H groups in total. The van der Waals surface area contributed by atoms with Crippen LogP contribution in [0.1, 0.15) is 103 Å². The molecule has 5 aliphatic rings. The van der Waals surface area contributed by atoms with Gasteiger partial charge in [-0.3, -0.25) is 14.4 Å². The molecule has 0 radical (unpaired) electrons. The number of aryl methyl sites for hydroxylation is 1. The fourth-order valence-electron chi connectivity index (χ4n) is 8.56. The van der Waals surface area contributed by atoms with Gasteiger partial charge in [-0.25, -0.2) is 31.3 Å². The minimum atomic E-state index is -5.01. The Morgan fingerprint density at radius 1 is 1.08 bits per heavy atom. The van der Waals surface area contributed by atoms with Crippen LogP contribution in [0.4, 0.5) is 18.0 Å². The van der Waals surface area contributed by atoms with Crippen LogP contribution in [-0.4, -0.2) is 109 Å². The van der Waals surface area contributed by atoms with Gasteiger partial charge in [-0.2, -0.15) is 13.2 Å². The second-order valence-corrected chi connectivity index (χ2v) is 23.4. The summed E-state index contributed by atoms with van der Waals surface area (Å²) in [6, 6.07) is 1.54. The van der Waals surface area contributed by atoms with Gasteiger partial charge in [0.05, 0.1) is 35.1 Å². The number of allylic oxidation sites excluding steroid dienone is 1. The first-order chi connectivity index (χ1) is 30.2. The van der Waals surface area contributed by atoms with Crippen LogP contribution in [0.5, 0.6) is 11.5 Å². The molecule has 2 fully saturated rings. The summed E-state index contributed by atoms with van der Waals surface area (Å²) in [4.78, 5) is 62.0. The number of hydrogen-bond donors (Lipinski definition) is 3. The average molecular weight is 950 g/mol. The zero-order chi connectivity index (χ0) is 47.4. The number of halogens is 3. The number of pyridine rings is 1. The van der Waals surface area contributed by atoms with E-state index in [1.54, 1.807) is 32.9 Å². The molecule has 5 atom stereocenters. The molecule has 7 rings (SSSR count). The van der Waals surface area contributed by atoms with E-state index < -0.39 is 107 Å². The molecule has 1 saturated carbocycles. The van der Waals surface area contributed by atoms with Crippen LogP contribution in [0, 0.1) is 17.8 Å². The number of fused-ring (bicyclic) bond motifs is 5. The number of carbonyl (C=O) groups excluding carboxylic acids is 4. The van der Waals surface area contributed by atoms with Crippen molar-refractivity contribution in [2.45, 2.75) is 138 Å². The zero-order valence-corrected chi connectivity index (χ0v) is 38.5. The fourth-order valence-corrected chi connectivity index (χ4v) is 10.5. The van der Waals surface area contributed by atoms with Crippen molar-refractivity contribution in [1.82, 2.24) is 25.2 Å². The van der Waals surface area contributed by atoms with Crippen LogP contribution >= 0.6 is 0 Å². The van der Waals surface area contributed by atoms with Gasteiger partial charge in [-0.15, -0.1) is 0 Å². The number of benzene rings is 1. The van der Waals surface area contributed by atoms with Crippen LogP contribution in [0.25, 0.3) is 10.9 Å². The Bertz CT molecular complexity index is 2600. The summed E-state index contributed by atoms with van der Waals surface area (Å²) in [7, 11) is -7.46. The SMILES string of the molecule is CC(C)(C)OC(=O)NC1CCCCCC=CC2C#CC2(C(=O)NS(=O)(=O)C2(C)CC2)NC(=O)C2CC3(CCc4c(c(C(F)(F)F)nc5ccc(OCCCS(C)(=O)=O)cc45)O3)CN2C1=O. The summed E-state index contributed by atoms with van der Waals surface area (Å²) < 4.78 is 113. The number of ether oxygens (including phenoxy) is 3. The first-order valence-corrected chi connectivity index (χ1v) is 25.2. The molecule has 2 aromatic rings. The number of carbonyl (C=O) groups is 4. The Hall–Kier alpha value is -5.10. The van der Waals surface area contributed by atoms with Crippen molar-refractivity contribution in [3.63, 3.8) is 0 Å². The van der Waals surface area contributed by atoms with Crippen LogP contribution in [0.3, 0.4) is 0 Å². The van der Waals surface area contributed by atoms with Crippen molar-refractivity contribution >= 4 is 54.6 Å². The minimum absolute atomic E-state index is 0.00119. The molecule has 21 heteroatoms. The Labute approximate surface area is 376 Å². The predicted molar refractivity (Wildman–Crippen MR) is 231 cm³/mol. The van der Waals surface area contributed by atoms with Crippen LogP contribution < -0.4 is 24.8 Å². The highest BCUT2D eigenvalue weighted by Crippen LogP contribution is 2.49. The maximum atomic E-state index is 14.9. The molecule has 4 heterocycles. The predicted octanol–water partition coefficient (Wildman–Crippen LogP) is 4.63. The Morgan fingerprint density at radius 2 is 1.82 bits per heavy atom. The Balaban J connectivity index is 1.27. The van der Waals surface area contributed by atoms with Gasteiger partial charge in [0.2, 0.25) is 21.8 Å². The summed E-state index contributed by atoms with van der Waals surface area (Å²) in [6.07, 6.45) is 1.30. The third-order valence-corrected chi connectivity index (χ3v) is 15.6. The fraction of sp³-hybridized carbons (Fsp3) is 0.614. The van der Waals surface area contributed by atoms with E-state index in [0.29, 0.717) is 38.5 Å². The van der Waals surface area contributed by atoms with Crippen LogP contribution in [0.15, 0.2) is 30.4 Å². The van der Waals surface area contributed by atoms with Crippen molar-refractivity contribution in [2.75, 3.05) is 25.2 Å². The van der Waals surface area contributed by atoms with Gasteiger partial charge in [0.25, 0.3) is 5.91 Å². The average Bonchev–Trinajstić information content (AvgIpc) is 3.86. The topological polar surface area (TPSA) is 216 Å².